The van der Waals surface area contributed by atoms with E-state index in [1.165, 1.54) is 20.1 Å². The van der Waals surface area contributed by atoms with Crippen molar-refractivity contribution in [2.24, 2.45) is 0 Å². The summed E-state index contributed by atoms with van der Waals surface area (Å²) in [6, 6.07) is 6.41. The van der Waals surface area contributed by atoms with Gasteiger partial charge in [0.25, 0.3) is 0 Å². The van der Waals surface area contributed by atoms with Crippen LogP contribution in [0.1, 0.15) is 23.0 Å². The van der Waals surface area contributed by atoms with E-state index in [1.54, 1.807) is 32.2 Å². The summed E-state index contributed by atoms with van der Waals surface area (Å²) in [4.78, 5) is 23.7. The van der Waals surface area contributed by atoms with Crippen LogP contribution in [-0.2, 0) is 0 Å². The van der Waals surface area contributed by atoms with E-state index in [9.17, 15) is 9.59 Å². The molecule has 116 valence electrons. The molecule has 6 nitrogen and oxygen atoms in total. The molecule has 0 fully saturated rings. The highest BCUT2D eigenvalue weighted by molar-refractivity contribution is 5.98. The highest BCUT2D eigenvalue weighted by atomic mass is 16.5. The number of carbonyl (C=O) groups is 1. The highest BCUT2D eigenvalue weighted by Gasteiger charge is 2.17. The van der Waals surface area contributed by atoms with Crippen molar-refractivity contribution in [1.82, 2.24) is 0 Å². The second-order valence-electron chi connectivity index (χ2n) is 4.67. The second-order valence-corrected chi connectivity index (χ2v) is 4.67. The van der Waals surface area contributed by atoms with Gasteiger partial charge in [-0.2, -0.15) is 0 Å². The number of hydrogen-bond donors (Lipinski definition) is 1. The lowest BCUT2D eigenvalue weighted by atomic mass is 10.1. The number of carbonyl (C=O) groups excluding carboxylic acids is 1. The lowest BCUT2D eigenvalue weighted by Gasteiger charge is -2.13. The average molecular weight is 303 g/mol. The quantitative estimate of drug-likeness (QED) is 0.856. The van der Waals surface area contributed by atoms with Crippen molar-refractivity contribution in [3.05, 3.63) is 45.8 Å². The zero-order valence-corrected chi connectivity index (χ0v) is 12.9. The molecule has 0 saturated carbocycles. The standard InChI is InChI=1S/C16H17NO5/c1-9-7-13(19)15(10(2)18)16(22-9)17-12-6-5-11(20-3)8-14(12)21-4/h5-8,17H,1-4H3. The van der Waals surface area contributed by atoms with Gasteiger partial charge in [0, 0.05) is 12.1 Å². The van der Waals surface area contributed by atoms with Crippen molar-refractivity contribution in [2.75, 3.05) is 19.5 Å². The van der Waals surface area contributed by atoms with Crippen LogP contribution in [-0.4, -0.2) is 20.0 Å². The molecule has 0 atom stereocenters. The maximum atomic E-state index is 12.0. The van der Waals surface area contributed by atoms with Crippen LogP contribution in [0.2, 0.25) is 0 Å². The Morgan fingerprint density at radius 3 is 2.50 bits per heavy atom. The van der Waals surface area contributed by atoms with Gasteiger partial charge in [-0.1, -0.05) is 0 Å². The van der Waals surface area contributed by atoms with E-state index in [0.29, 0.717) is 22.9 Å². The van der Waals surface area contributed by atoms with Crippen molar-refractivity contribution in [1.29, 1.82) is 0 Å². The molecule has 0 aliphatic heterocycles. The van der Waals surface area contributed by atoms with Crippen LogP contribution < -0.4 is 20.2 Å². The molecular formula is C16H17NO5. The molecule has 0 saturated heterocycles. The Morgan fingerprint density at radius 2 is 1.91 bits per heavy atom. The van der Waals surface area contributed by atoms with Crippen LogP contribution in [0, 0.1) is 6.92 Å². The summed E-state index contributed by atoms with van der Waals surface area (Å²) in [7, 11) is 3.06. The normalized spacial score (nSPS) is 10.2. The lowest BCUT2D eigenvalue weighted by molar-refractivity contribution is 0.101. The first-order valence-electron chi connectivity index (χ1n) is 6.61. The molecule has 0 unspecified atom stereocenters. The Morgan fingerprint density at radius 1 is 1.18 bits per heavy atom. The minimum absolute atomic E-state index is 0.0246. The topological polar surface area (TPSA) is 77.8 Å². The van der Waals surface area contributed by atoms with E-state index in [-0.39, 0.29) is 22.7 Å². The molecule has 1 aromatic heterocycles. The fourth-order valence-electron chi connectivity index (χ4n) is 2.06. The molecule has 0 aliphatic rings. The predicted octanol–water partition coefficient (Wildman–Crippen LogP) is 2.91. The van der Waals surface area contributed by atoms with Crippen molar-refractivity contribution in [2.45, 2.75) is 13.8 Å². The number of hydrogen-bond acceptors (Lipinski definition) is 6. The largest absolute Gasteiger partial charge is 0.497 e. The van der Waals surface area contributed by atoms with Gasteiger partial charge in [-0.15, -0.1) is 0 Å². The van der Waals surface area contributed by atoms with Gasteiger partial charge in [0.2, 0.25) is 5.88 Å². The van der Waals surface area contributed by atoms with Crippen molar-refractivity contribution in [3.8, 4) is 11.5 Å². The third-order valence-corrected chi connectivity index (χ3v) is 3.08. The monoisotopic (exact) mass is 303 g/mol. The summed E-state index contributed by atoms with van der Waals surface area (Å²) < 4.78 is 15.9. The van der Waals surface area contributed by atoms with Crippen LogP contribution >= 0.6 is 0 Å². The molecule has 0 amide bonds. The van der Waals surface area contributed by atoms with E-state index < -0.39 is 0 Å². The second kappa shape index (κ2) is 6.34. The molecule has 0 bridgehead atoms. The maximum absolute atomic E-state index is 12.0. The lowest BCUT2D eigenvalue weighted by Crippen LogP contribution is -2.15. The van der Waals surface area contributed by atoms with Gasteiger partial charge >= 0.3 is 0 Å². The van der Waals surface area contributed by atoms with Gasteiger partial charge in [-0.05, 0) is 26.0 Å². The van der Waals surface area contributed by atoms with Gasteiger partial charge in [0.1, 0.15) is 22.8 Å². The van der Waals surface area contributed by atoms with Crippen LogP contribution in [0.5, 0.6) is 11.5 Å². The number of Topliss-reactive ketones (excluding diaryl/α,β-unsaturated/α-hetero) is 1. The Hall–Kier alpha value is -2.76. The van der Waals surface area contributed by atoms with Crippen LogP contribution in [0.25, 0.3) is 0 Å². The highest BCUT2D eigenvalue weighted by Crippen LogP contribution is 2.32. The van der Waals surface area contributed by atoms with E-state index in [0.717, 1.165) is 0 Å². The van der Waals surface area contributed by atoms with Gasteiger partial charge in [0.05, 0.1) is 19.9 Å². The first-order chi connectivity index (χ1) is 10.5. The smallest absolute Gasteiger partial charge is 0.212 e. The van der Waals surface area contributed by atoms with Crippen LogP contribution in [0.4, 0.5) is 11.6 Å². The Bertz CT molecular complexity index is 764. The van der Waals surface area contributed by atoms with Crippen molar-refractivity contribution < 1.29 is 18.7 Å². The van der Waals surface area contributed by atoms with Crippen molar-refractivity contribution in [3.63, 3.8) is 0 Å². The number of anilines is 2. The SMILES string of the molecule is COc1ccc(Nc2oc(C)cc(=O)c2C(C)=O)c(OC)c1. The third kappa shape index (κ3) is 3.11. The number of nitrogens with one attached hydrogen (secondary N) is 1. The fourth-order valence-corrected chi connectivity index (χ4v) is 2.06. The van der Waals surface area contributed by atoms with Gasteiger partial charge in [0.15, 0.2) is 11.2 Å². The molecule has 6 heteroatoms. The Labute approximate surface area is 127 Å². The molecule has 1 N–H and O–H groups in total. The van der Waals surface area contributed by atoms with E-state index in [2.05, 4.69) is 5.32 Å². The molecular weight excluding hydrogens is 286 g/mol. The molecule has 0 spiro atoms. The number of aryl methyl sites for hydroxylation is 1. The first-order valence-corrected chi connectivity index (χ1v) is 6.61. The van der Waals surface area contributed by atoms with Gasteiger partial charge in [-0.25, -0.2) is 0 Å². The summed E-state index contributed by atoms with van der Waals surface area (Å²) >= 11 is 0. The summed E-state index contributed by atoms with van der Waals surface area (Å²) in [6.45, 7) is 2.96. The number of ketones is 1. The average Bonchev–Trinajstić information content (AvgIpc) is 2.46. The summed E-state index contributed by atoms with van der Waals surface area (Å²) in [5, 5.41) is 2.94. The number of rotatable bonds is 5. The predicted molar refractivity (Wildman–Crippen MR) is 82.5 cm³/mol. The minimum Gasteiger partial charge on any atom is -0.497 e. The Kier molecular flexibility index (Phi) is 4.50. The molecule has 0 aliphatic carbocycles. The number of ether oxygens (including phenoxy) is 2. The van der Waals surface area contributed by atoms with E-state index in [1.807, 2.05) is 0 Å². The molecule has 2 aromatic rings. The molecule has 2 rings (SSSR count). The van der Waals surface area contributed by atoms with Crippen molar-refractivity contribution >= 4 is 17.4 Å². The zero-order chi connectivity index (χ0) is 16.3. The number of methoxy groups -OCH3 is 2. The third-order valence-electron chi connectivity index (χ3n) is 3.08. The summed E-state index contributed by atoms with van der Waals surface area (Å²) in [6.07, 6.45) is 0. The molecule has 0 radical (unpaired) electrons. The van der Waals surface area contributed by atoms with Crippen LogP contribution in [0.15, 0.2) is 33.5 Å². The van der Waals surface area contributed by atoms with E-state index in [4.69, 9.17) is 13.9 Å². The molecule has 22 heavy (non-hydrogen) atoms. The van der Waals surface area contributed by atoms with Gasteiger partial charge in [-0.3, -0.25) is 9.59 Å². The fraction of sp³-hybridized carbons (Fsp3) is 0.250. The first kappa shape index (κ1) is 15.6. The Balaban J connectivity index is 2.51. The summed E-state index contributed by atoms with van der Waals surface area (Å²) in [5.74, 6) is 1.26. The number of benzene rings is 1. The minimum atomic E-state index is -0.383. The molecule has 1 heterocycles. The van der Waals surface area contributed by atoms with E-state index >= 15 is 0 Å². The maximum Gasteiger partial charge on any atom is 0.212 e. The van der Waals surface area contributed by atoms with Gasteiger partial charge < -0.3 is 19.2 Å². The summed E-state index contributed by atoms with van der Waals surface area (Å²) in [5.41, 5.74) is 0.147. The zero-order valence-electron chi connectivity index (χ0n) is 12.9. The molecule has 1 aromatic carbocycles. The van der Waals surface area contributed by atoms with Crippen LogP contribution in [0.3, 0.4) is 0 Å².